The summed E-state index contributed by atoms with van der Waals surface area (Å²) in [6.07, 6.45) is 2.26. The van der Waals surface area contributed by atoms with Crippen LogP contribution in [0.2, 0.25) is 0 Å². The van der Waals surface area contributed by atoms with E-state index in [9.17, 15) is 14.4 Å². The Morgan fingerprint density at radius 3 is 2.64 bits per heavy atom. The van der Waals surface area contributed by atoms with Crippen LogP contribution in [0.1, 0.15) is 47.9 Å². The number of nitrogens with zero attached hydrogens (tertiary/aromatic N) is 2. The standard InChI is InChI=1S/C26H24N2O5/c1-2-13-27-19-11-5-4-10-18(19)26(25(27)31)21-22(29)17-9-3-6-12-20(17)33-23(21)24(30)28(26)15-16-8-7-14-32-16/h3-6,9-12,16H,2,7-8,13-15H2,1H3/t16-,26+/m0/s1. The molecule has 3 aliphatic heterocycles. The molecule has 7 nitrogen and oxygen atoms in total. The maximum atomic E-state index is 14.3. The molecule has 1 saturated heterocycles. The zero-order valence-electron chi connectivity index (χ0n) is 18.4. The maximum absolute atomic E-state index is 14.3. The Morgan fingerprint density at radius 1 is 1.06 bits per heavy atom. The highest BCUT2D eigenvalue weighted by atomic mass is 16.5. The number of para-hydroxylation sites is 2. The zero-order valence-corrected chi connectivity index (χ0v) is 18.4. The number of hydrogen-bond acceptors (Lipinski definition) is 5. The van der Waals surface area contributed by atoms with E-state index in [0.717, 1.165) is 24.9 Å². The summed E-state index contributed by atoms with van der Waals surface area (Å²) < 4.78 is 11.9. The van der Waals surface area contributed by atoms with Crippen LogP contribution >= 0.6 is 0 Å². The van der Waals surface area contributed by atoms with Crippen LogP contribution in [0.4, 0.5) is 5.69 Å². The predicted molar refractivity (Wildman–Crippen MR) is 122 cm³/mol. The fraction of sp³-hybridized carbons (Fsp3) is 0.346. The fourth-order valence-electron chi connectivity index (χ4n) is 5.63. The van der Waals surface area contributed by atoms with E-state index in [2.05, 4.69) is 0 Å². The third kappa shape index (κ3) is 2.57. The second kappa shape index (κ2) is 7.28. The first-order chi connectivity index (χ1) is 16.1. The van der Waals surface area contributed by atoms with Crippen molar-refractivity contribution in [3.8, 4) is 0 Å². The number of rotatable bonds is 4. The highest BCUT2D eigenvalue weighted by Crippen LogP contribution is 2.52. The molecule has 3 aliphatic rings. The average molecular weight is 444 g/mol. The summed E-state index contributed by atoms with van der Waals surface area (Å²) in [4.78, 5) is 45.2. The summed E-state index contributed by atoms with van der Waals surface area (Å²) in [6.45, 7) is 3.34. The molecule has 0 bridgehead atoms. The summed E-state index contributed by atoms with van der Waals surface area (Å²) in [6, 6.07) is 14.3. The molecule has 0 radical (unpaired) electrons. The average Bonchev–Trinajstić information content (AvgIpc) is 3.49. The molecular weight excluding hydrogens is 420 g/mol. The first-order valence-electron chi connectivity index (χ1n) is 11.5. The van der Waals surface area contributed by atoms with Crippen LogP contribution in [0.5, 0.6) is 0 Å². The highest BCUT2D eigenvalue weighted by molar-refractivity contribution is 6.17. The molecular formula is C26H24N2O5. The van der Waals surface area contributed by atoms with E-state index < -0.39 is 11.4 Å². The lowest BCUT2D eigenvalue weighted by Crippen LogP contribution is -2.55. The van der Waals surface area contributed by atoms with Gasteiger partial charge >= 0.3 is 0 Å². The molecule has 1 aromatic heterocycles. The van der Waals surface area contributed by atoms with Gasteiger partial charge in [0.1, 0.15) is 5.58 Å². The van der Waals surface area contributed by atoms with Gasteiger partial charge in [-0.2, -0.15) is 0 Å². The number of fused-ring (bicyclic) bond motifs is 5. The molecule has 33 heavy (non-hydrogen) atoms. The summed E-state index contributed by atoms with van der Waals surface area (Å²) >= 11 is 0. The van der Waals surface area contributed by atoms with Crippen LogP contribution in [-0.4, -0.2) is 42.5 Å². The van der Waals surface area contributed by atoms with Gasteiger partial charge in [-0.25, -0.2) is 0 Å². The lowest BCUT2D eigenvalue weighted by molar-refractivity contribution is -0.126. The molecule has 7 heteroatoms. The molecule has 4 heterocycles. The van der Waals surface area contributed by atoms with Crippen LogP contribution in [0, 0.1) is 0 Å². The van der Waals surface area contributed by atoms with E-state index in [4.69, 9.17) is 9.15 Å². The van der Waals surface area contributed by atoms with Crippen molar-refractivity contribution in [1.29, 1.82) is 0 Å². The van der Waals surface area contributed by atoms with Crippen molar-refractivity contribution in [3.05, 3.63) is 75.6 Å². The van der Waals surface area contributed by atoms with Gasteiger partial charge in [-0.3, -0.25) is 14.4 Å². The first-order valence-corrected chi connectivity index (χ1v) is 11.5. The van der Waals surface area contributed by atoms with Crippen molar-refractivity contribution in [3.63, 3.8) is 0 Å². The van der Waals surface area contributed by atoms with E-state index in [-0.39, 0.29) is 35.3 Å². The summed E-state index contributed by atoms with van der Waals surface area (Å²) in [5.41, 5.74) is -0.0370. The summed E-state index contributed by atoms with van der Waals surface area (Å²) in [5, 5.41) is 0.363. The van der Waals surface area contributed by atoms with E-state index >= 15 is 0 Å². The van der Waals surface area contributed by atoms with Gasteiger partial charge in [0, 0.05) is 25.3 Å². The number of benzene rings is 2. The Bertz CT molecular complexity index is 1360. The molecule has 0 aliphatic carbocycles. The number of carbonyl (C=O) groups is 2. The fourth-order valence-corrected chi connectivity index (χ4v) is 5.63. The van der Waals surface area contributed by atoms with Gasteiger partial charge in [0.25, 0.3) is 11.8 Å². The van der Waals surface area contributed by atoms with Gasteiger partial charge in [0.2, 0.25) is 5.76 Å². The molecule has 3 aromatic rings. The Kier molecular flexibility index (Phi) is 4.45. The maximum Gasteiger partial charge on any atom is 0.291 e. The monoisotopic (exact) mass is 444 g/mol. The topological polar surface area (TPSA) is 80.1 Å². The van der Waals surface area contributed by atoms with Crippen molar-refractivity contribution in [2.45, 2.75) is 37.8 Å². The second-order valence-electron chi connectivity index (χ2n) is 8.87. The SMILES string of the molecule is CCCN1C(=O)[C@@]2(c3ccccc31)c1c(oc3ccccc3c1=O)C(=O)N2C[C@@H]1CCCO1. The lowest BCUT2D eigenvalue weighted by atomic mass is 9.83. The molecule has 2 aromatic carbocycles. The molecule has 6 rings (SSSR count). The van der Waals surface area contributed by atoms with Crippen LogP contribution < -0.4 is 10.3 Å². The van der Waals surface area contributed by atoms with Crippen LogP contribution in [0.3, 0.4) is 0 Å². The number of ether oxygens (including phenoxy) is 1. The molecule has 2 atom stereocenters. The molecule has 0 unspecified atom stereocenters. The molecule has 1 fully saturated rings. The van der Waals surface area contributed by atoms with Crippen LogP contribution in [0.25, 0.3) is 11.0 Å². The van der Waals surface area contributed by atoms with Gasteiger partial charge in [0.05, 0.1) is 22.7 Å². The number of hydrogen-bond donors (Lipinski definition) is 0. The largest absolute Gasteiger partial charge is 0.450 e. The Morgan fingerprint density at radius 2 is 1.85 bits per heavy atom. The minimum absolute atomic E-state index is 0.0433. The number of amides is 2. The van der Waals surface area contributed by atoms with Gasteiger partial charge in [0.15, 0.2) is 11.0 Å². The molecule has 1 spiro atoms. The third-order valence-corrected chi connectivity index (χ3v) is 7.00. The van der Waals surface area contributed by atoms with E-state index in [0.29, 0.717) is 29.7 Å². The normalized spacial score (nSPS) is 23.7. The van der Waals surface area contributed by atoms with Crippen molar-refractivity contribution >= 4 is 28.5 Å². The predicted octanol–water partition coefficient (Wildman–Crippen LogP) is 3.43. The molecule has 0 N–H and O–H groups in total. The highest BCUT2D eigenvalue weighted by Gasteiger charge is 2.65. The Balaban J connectivity index is 1.68. The van der Waals surface area contributed by atoms with E-state index in [1.807, 2.05) is 31.2 Å². The first kappa shape index (κ1) is 20.2. The smallest absolute Gasteiger partial charge is 0.291 e. The van der Waals surface area contributed by atoms with E-state index in [1.165, 1.54) is 4.90 Å². The number of anilines is 1. The van der Waals surface area contributed by atoms with Crippen molar-refractivity contribution in [2.75, 3.05) is 24.6 Å². The molecule has 0 saturated carbocycles. The number of carbonyl (C=O) groups excluding carboxylic acids is 2. The Labute approximate surface area is 190 Å². The third-order valence-electron chi connectivity index (χ3n) is 7.00. The van der Waals surface area contributed by atoms with Crippen molar-refractivity contribution < 1.29 is 18.7 Å². The van der Waals surface area contributed by atoms with Gasteiger partial charge < -0.3 is 19.0 Å². The van der Waals surface area contributed by atoms with Crippen LogP contribution in [-0.2, 0) is 15.1 Å². The van der Waals surface area contributed by atoms with Gasteiger partial charge in [-0.05, 0) is 37.5 Å². The quantitative estimate of drug-likeness (QED) is 0.616. The second-order valence-corrected chi connectivity index (χ2v) is 8.87. The van der Waals surface area contributed by atoms with Crippen molar-refractivity contribution in [1.82, 2.24) is 4.90 Å². The van der Waals surface area contributed by atoms with Gasteiger partial charge in [-0.15, -0.1) is 0 Å². The molecule has 2 amide bonds. The van der Waals surface area contributed by atoms with Crippen LogP contribution in [0.15, 0.2) is 57.7 Å². The minimum atomic E-state index is -1.55. The minimum Gasteiger partial charge on any atom is -0.450 e. The van der Waals surface area contributed by atoms with Crippen molar-refractivity contribution in [2.24, 2.45) is 0 Å². The zero-order chi connectivity index (χ0) is 22.7. The molecule has 168 valence electrons. The summed E-state index contributed by atoms with van der Waals surface area (Å²) in [7, 11) is 0. The Hall–Kier alpha value is -3.45. The van der Waals surface area contributed by atoms with E-state index in [1.54, 1.807) is 29.2 Å². The lowest BCUT2D eigenvalue weighted by Gasteiger charge is -2.35. The van der Waals surface area contributed by atoms with Gasteiger partial charge in [-0.1, -0.05) is 37.3 Å². The summed E-state index contributed by atoms with van der Waals surface area (Å²) in [5.74, 6) is -0.763.